The van der Waals surface area contributed by atoms with Gasteiger partial charge in [-0.3, -0.25) is 9.78 Å². The van der Waals surface area contributed by atoms with E-state index in [4.69, 9.17) is 4.74 Å². The summed E-state index contributed by atoms with van der Waals surface area (Å²) in [4.78, 5) is 16.2. The van der Waals surface area contributed by atoms with Gasteiger partial charge in [0, 0.05) is 19.3 Å². The van der Waals surface area contributed by atoms with Gasteiger partial charge in [0.1, 0.15) is 0 Å². The highest BCUT2D eigenvalue weighted by molar-refractivity contribution is 5.99. The molecule has 18 heavy (non-hydrogen) atoms. The van der Waals surface area contributed by atoms with Crippen molar-refractivity contribution >= 4 is 11.6 Å². The van der Waals surface area contributed by atoms with Crippen LogP contribution in [0, 0.1) is 0 Å². The van der Waals surface area contributed by atoms with E-state index in [-0.39, 0.29) is 11.9 Å². The summed E-state index contributed by atoms with van der Waals surface area (Å²) in [7, 11) is 0. The molecule has 1 saturated heterocycles. The van der Waals surface area contributed by atoms with Crippen molar-refractivity contribution in [2.75, 3.05) is 25.1 Å². The summed E-state index contributed by atoms with van der Waals surface area (Å²) < 4.78 is 5.25. The van der Waals surface area contributed by atoms with E-state index in [0.717, 1.165) is 31.7 Å². The van der Waals surface area contributed by atoms with Crippen LogP contribution in [0.25, 0.3) is 0 Å². The fraction of sp³-hybridized carbons (Fsp3) is 0.538. The maximum absolute atomic E-state index is 12.2. The van der Waals surface area contributed by atoms with E-state index in [1.807, 2.05) is 0 Å². The van der Waals surface area contributed by atoms with Gasteiger partial charge in [-0.15, -0.1) is 0 Å². The van der Waals surface area contributed by atoms with Gasteiger partial charge >= 0.3 is 0 Å². The largest absolute Gasteiger partial charge is 0.383 e. The lowest BCUT2D eigenvalue weighted by Crippen LogP contribution is -2.35. The summed E-state index contributed by atoms with van der Waals surface area (Å²) in [6.07, 6.45) is 5.22. The van der Waals surface area contributed by atoms with Crippen LogP contribution < -0.4 is 10.6 Å². The molecule has 0 spiro atoms. The number of amides is 1. The van der Waals surface area contributed by atoms with Crippen molar-refractivity contribution < 1.29 is 9.53 Å². The molecule has 1 aliphatic rings. The monoisotopic (exact) mass is 249 g/mol. The van der Waals surface area contributed by atoms with Gasteiger partial charge < -0.3 is 15.4 Å². The molecule has 1 amide bonds. The summed E-state index contributed by atoms with van der Waals surface area (Å²) in [6, 6.07) is 1.87. The Kier molecular flexibility index (Phi) is 4.52. The Morgan fingerprint density at radius 1 is 1.61 bits per heavy atom. The van der Waals surface area contributed by atoms with Crippen molar-refractivity contribution in [1.29, 1.82) is 0 Å². The first kappa shape index (κ1) is 12.8. The van der Waals surface area contributed by atoms with E-state index in [0.29, 0.717) is 12.2 Å². The van der Waals surface area contributed by atoms with Gasteiger partial charge in [0.15, 0.2) is 0 Å². The second-order valence-electron chi connectivity index (χ2n) is 4.38. The zero-order valence-electron chi connectivity index (χ0n) is 10.6. The first-order valence-corrected chi connectivity index (χ1v) is 6.37. The fourth-order valence-corrected chi connectivity index (χ4v) is 1.90. The van der Waals surface area contributed by atoms with E-state index in [2.05, 4.69) is 22.5 Å². The minimum atomic E-state index is -0.0634. The predicted molar refractivity (Wildman–Crippen MR) is 69.7 cm³/mol. The predicted octanol–water partition coefficient (Wildman–Crippen LogP) is 1.42. The summed E-state index contributed by atoms with van der Waals surface area (Å²) in [5.74, 6) is -0.0634. The zero-order valence-corrected chi connectivity index (χ0v) is 10.6. The third-order valence-electron chi connectivity index (χ3n) is 2.90. The molecule has 2 rings (SSSR count). The SMILES string of the molecule is CCCNc1cnccc1C(=O)NC1CCOC1. The minimum absolute atomic E-state index is 0.0634. The molecule has 0 bridgehead atoms. The van der Waals surface area contributed by atoms with Gasteiger partial charge in [-0.25, -0.2) is 0 Å². The number of pyridine rings is 1. The first-order chi connectivity index (χ1) is 8.81. The number of nitrogens with zero attached hydrogens (tertiary/aromatic N) is 1. The van der Waals surface area contributed by atoms with Gasteiger partial charge in [-0.05, 0) is 18.9 Å². The van der Waals surface area contributed by atoms with E-state index in [9.17, 15) is 4.79 Å². The molecule has 1 atom stereocenters. The Labute approximate surface area is 107 Å². The highest BCUT2D eigenvalue weighted by atomic mass is 16.5. The maximum atomic E-state index is 12.2. The molecule has 2 N–H and O–H groups in total. The van der Waals surface area contributed by atoms with Crippen LogP contribution in [0.1, 0.15) is 30.1 Å². The summed E-state index contributed by atoms with van der Waals surface area (Å²) >= 11 is 0. The molecule has 1 aromatic heterocycles. The second kappa shape index (κ2) is 6.35. The molecule has 0 saturated carbocycles. The van der Waals surface area contributed by atoms with E-state index < -0.39 is 0 Å². The number of carbonyl (C=O) groups excluding carboxylic acids is 1. The van der Waals surface area contributed by atoms with Crippen molar-refractivity contribution in [3.63, 3.8) is 0 Å². The molecule has 98 valence electrons. The number of hydrogen-bond acceptors (Lipinski definition) is 4. The Hall–Kier alpha value is -1.62. The fourth-order valence-electron chi connectivity index (χ4n) is 1.90. The van der Waals surface area contributed by atoms with E-state index in [1.54, 1.807) is 18.5 Å². The van der Waals surface area contributed by atoms with Crippen LogP contribution >= 0.6 is 0 Å². The number of anilines is 1. The third kappa shape index (κ3) is 3.20. The Morgan fingerprint density at radius 2 is 2.50 bits per heavy atom. The highest BCUT2D eigenvalue weighted by Crippen LogP contribution is 2.14. The van der Waals surface area contributed by atoms with Crippen LogP contribution in [-0.4, -0.2) is 36.7 Å². The van der Waals surface area contributed by atoms with Crippen LogP contribution in [0.2, 0.25) is 0 Å². The number of carbonyl (C=O) groups is 1. The molecule has 2 heterocycles. The van der Waals surface area contributed by atoms with Crippen LogP contribution in [0.5, 0.6) is 0 Å². The molecule has 0 aromatic carbocycles. The lowest BCUT2D eigenvalue weighted by molar-refractivity contribution is 0.0930. The summed E-state index contributed by atoms with van der Waals surface area (Å²) in [6.45, 7) is 4.24. The van der Waals surface area contributed by atoms with Crippen molar-refractivity contribution in [3.8, 4) is 0 Å². The van der Waals surface area contributed by atoms with Gasteiger partial charge in [-0.2, -0.15) is 0 Å². The molecule has 1 unspecified atom stereocenters. The maximum Gasteiger partial charge on any atom is 0.253 e. The Bertz CT molecular complexity index is 403. The zero-order chi connectivity index (χ0) is 12.8. The molecule has 5 heteroatoms. The van der Waals surface area contributed by atoms with Gasteiger partial charge in [0.25, 0.3) is 5.91 Å². The molecule has 0 aliphatic carbocycles. The van der Waals surface area contributed by atoms with E-state index in [1.165, 1.54) is 0 Å². The normalized spacial score (nSPS) is 18.6. The first-order valence-electron chi connectivity index (χ1n) is 6.37. The van der Waals surface area contributed by atoms with Crippen molar-refractivity contribution in [1.82, 2.24) is 10.3 Å². The molecule has 1 aromatic rings. The lowest BCUT2D eigenvalue weighted by Gasteiger charge is -2.14. The molecular formula is C13H19N3O2. The number of aromatic nitrogens is 1. The van der Waals surface area contributed by atoms with Gasteiger partial charge in [-0.1, -0.05) is 6.92 Å². The van der Waals surface area contributed by atoms with E-state index >= 15 is 0 Å². The average molecular weight is 249 g/mol. The smallest absolute Gasteiger partial charge is 0.253 e. The Balaban J connectivity index is 2.03. The van der Waals surface area contributed by atoms with Crippen LogP contribution in [-0.2, 0) is 4.74 Å². The van der Waals surface area contributed by atoms with Gasteiger partial charge in [0.05, 0.1) is 30.1 Å². The topological polar surface area (TPSA) is 63.2 Å². The van der Waals surface area contributed by atoms with Crippen molar-refractivity contribution in [2.24, 2.45) is 0 Å². The molecule has 1 fully saturated rings. The molecule has 0 radical (unpaired) electrons. The molecular weight excluding hydrogens is 230 g/mol. The summed E-state index contributed by atoms with van der Waals surface area (Å²) in [5.41, 5.74) is 1.43. The lowest BCUT2D eigenvalue weighted by atomic mass is 10.2. The minimum Gasteiger partial charge on any atom is -0.383 e. The second-order valence-corrected chi connectivity index (χ2v) is 4.38. The van der Waals surface area contributed by atoms with Crippen molar-refractivity contribution in [3.05, 3.63) is 24.0 Å². The highest BCUT2D eigenvalue weighted by Gasteiger charge is 2.20. The van der Waals surface area contributed by atoms with Crippen LogP contribution in [0.3, 0.4) is 0 Å². The number of hydrogen-bond donors (Lipinski definition) is 2. The Morgan fingerprint density at radius 3 is 3.22 bits per heavy atom. The number of nitrogens with one attached hydrogen (secondary N) is 2. The van der Waals surface area contributed by atoms with Crippen molar-refractivity contribution in [2.45, 2.75) is 25.8 Å². The summed E-state index contributed by atoms with van der Waals surface area (Å²) in [5, 5.41) is 6.19. The van der Waals surface area contributed by atoms with Crippen LogP contribution in [0.15, 0.2) is 18.5 Å². The number of rotatable bonds is 5. The van der Waals surface area contributed by atoms with Crippen LogP contribution in [0.4, 0.5) is 5.69 Å². The molecule has 1 aliphatic heterocycles. The van der Waals surface area contributed by atoms with Gasteiger partial charge in [0.2, 0.25) is 0 Å². The quantitative estimate of drug-likeness (QED) is 0.828. The third-order valence-corrected chi connectivity index (χ3v) is 2.90. The number of ether oxygens (including phenoxy) is 1. The molecule has 5 nitrogen and oxygen atoms in total. The average Bonchev–Trinajstić information content (AvgIpc) is 2.89. The standard InChI is InChI=1S/C13H19N3O2/c1-2-5-15-12-8-14-6-3-11(12)13(17)16-10-4-7-18-9-10/h3,6,8,10,15H,2,4-5,7,9H2,1H3,(H,16,17).